The van der Waals surface area contributed by atoms with Gasteiger partial charge in [0, 0.05) is 6.21 Å². The highest BCUT2D eigenvalue weighted by Gasteiger charge is 1.95. The van der Waals surface area contributed by atoms with Crippen LogP contribution < -0.4 is 0 Å². The average molecular weight is 151 g/mol. The van der Waals surface area contributed by atoms with Gasteiger partial charge in [0.05, 0.1) is 4.92 Å². The summed E-state index contributed by atoms with van der Waals surface area (Å²) in [6.45, 7) is 3.29. The Labute approximate surface area is 63.1 Å². The van der Waals surface area contributed by atoms with Crippen molar-refractivity contribution in [3.63, 3.8) is 0 Å². The molecule has 0 saturated heterocycles. The number of nitro groups is 1. The fourth-order valence-electron chi connectivity index (χ4n) is 0.324. The molecule has 0 aliphatic rings. The van der Waals surface area contributed by atoms with E-state index in [1.54, 1.807) is 6.07 Å². The molecule has 5 heteroatoms. The standard InChI is InChI=1S/C6H5N3O2/c1-2-3-8-6(4-7)5-9(10)11/h2-3,5H,1H2/b6-5+,8-3?. The summed E-state index contributed by atoms with van der Waals surface area (Å²) < 4.78 is 0. The Kier molecular flexibility index (Phi) is 4.01. The van der Waals surface area contributed by atoms with Crippen molar-refractivity contribution in [1.82, 2.24) is 0 Å². The first kappa shape index (κ1) is 9.04. The summed E-state index contributed by atoms with van der Waals surface area (Å²) in [5.74, 6) is 0. The van der Waals surface area contributed by atoms with Crippen LogP contribution in [0.3, 0.4) is 0 Å². The van der Waals surface area contributed by atoms with Gasteiger partial charge in [-0.25, -0.2) is 4.99 Å². The first-order valence-corrected chi connectivity index (χ1v) is 2.61. The van der Waals surface area contributed by atoms with Crippen LogP contribution in [-0.4, -0.2) is 11.1 Å². The third kappa shape index (κ3) is 4.54. The zero-order valence-corrected chi connectivity index (χ0v) is 5.60. The van der Waals surface area contributed by atoms with Crippen molar-refractivity contribution in [2.24, 2.45) is 4.99 Å². The predicted octanol–water partition coefficient (Wildman–Crippen LogP) is 0.885. The van der Waals surface area contributed by atoms with Crippen molar-refractivity contribution < 1.29 is 4.92 Å². The van der Waals surface area contributed by atoms with E-state index < -0.39 is 4.92 Å². The minimum Gasteiger partial charge on any atom is -0.259 e. The van der Waals surface area contributed by atoms with E-state index in [0.29, 0.717) is 6.20 Å². The lowest BCUT2D eigenvalue weighted by Gasteiger charge is -1.80. The molecular weight excluding hydrogens is 146 g/mol. The van der Waals surface area contributed by atoms with Crippen LogP contribution >= 0.6 is 0 Å². The summed E-state index contributed by atoms with van der Waals surface area (Å²) in [4.78, 5) is 12.5. The summed E-state index contributed by atoms with van der Waals surface area (Å²) in [7, 11) is 0. The molecule has 0 heterocycles. The van der Waals surface area contributed by atoms with E-state index in [4.69, 9.17) is 5.26 Å². The highest BCUT2D eigenvalue weighted by atomic mass is 16.6. The molecule has 11 heavy (non-hydrogen) atoms. The van der Waals surface area contributed by atoms with Crippen molar-refractivity contribution >= 4 is 6.21 Å². The van der Waals surface area contributed by atoms with Crippen molar-refractivity contribution in [2.45, 2.75) is 0 Å². The molecule has 0 saturated carbocycles. The van der Waals surface area contributed by atoms with Gasteiger partial charge in [-0.05, 0) is 0 Å². The number of nitrogens with zero attached hydrogens (tertiary/aromatic N) is 3. The molecule has 0 aliphatic carbocycles. The fourth-order valence-corrected chi connectivity index (χ4v) is 0.324. The summed E-state index contributed by atoms with van der Waals surface area (Å²) >= 11 is 0. The molecule has 0 N–H and O–H groups in total. The Morgan fingerprint density at radius 3 is 2.82 bits per heavy atom. The van der Waals surface area contributed by atoms with Crippen LogP contribution in [-0.2, 0) is 0 Å². The molecule has 0 fully saturated rings. The fraction of sp³-hybridized carbons (Fsp3) is 0. The van der Waals surface area contributed by atoms with Gasteiger partial charge in [-0.2, -0.15) is 5.26 Å². The molecule has 0 rings (SSSR count). The van der Waals surface area contributed by atoms with E-state index in [1.807, 2.05) is 0 Å². The number of nitriles is 1. The highest BCUT2D eigenvalue weighted by Crippen LogP contribution is 1.92. The maximum atomic E-state index is 9.81. The molecule has 0 bridgehead atoms. The van der Waals surface area contributed by atoms with Crippen molar-refractivity contribution in [2.75, 3.05) is 0 Å². The number of allylic oxidation sites excluding steroid dienone is 2. The molecule has 0 amide bonds. The van der Waals surface area contributed by atoms with E-state index in [2.05, 4.69) is 11.6 Å². The molecule has 0 radical (unpaired) electrons. The molecule has 0 aromatic heterocycles. The lowest BCUT2D eigenvalue weighted by molar-refractivity contribution is -0.403. The number of hydrogen-bond acceptors (Lipinski definition) is 4. The lowest BCUT2D eigenvalue weighted by Crippen LogP contribution is -1.86. The van der Waals surface area contributed by atoms with Gasteiger partial charge >= 0.3 is 0 Å². The number of rotatable bonds is 3. The zero-order valence-electron chi connectivity index (χ0n) is 5.60. The van der Waals surface area contributed by atoms with Crippen molar-refractivity contribution in [3.05, 3.63) is 34.7 Å². The van der Waals surface area contributed by atoms with Gasteiger partial charge in [-0.15, -0.1) is 0 Å². The van der Waals surface area contributed by atoms with E-state index >= 15 is 0 Å². The topological polar surface area (TPSA) is 79.3 Å². The number of aliphatic imine (C=N–C) groups is 1. The first-order valence-electron chi connectivity index (χ1n) is 2.61. The van der Waals surface area contributed by atoms with Gasteiger partial charge in [-0.3, -0.25) is 10.1 Å². The Morgan fingerprint density at radius 2 is 2.45 bits per heavy atom. The molecule has 0 spiro atoms. The largest absolute Gasteiger partial charge is 0.270 e. The maximum absolute atomic E-state index is 9.81. The third-order valence-electron chi connectivity index (χ3n) is 0.661. The van der Waals surface area contributed by atoms with Gasteiger partial charge < -0.3 is 0 Å². The molecule has 56 valence electrons. The normalized spacial score (nSPS) is 11.0. The highest BCUT2D eigenvalue weighted by molar-refractivity contribution is 5.71. The minimum absolute atomic E-state index is 0.255. The zero-order chi connectivity index (χ0) is 8.69. The van der Waals surface area contributed by atoms with Crippen LogP contribution in [0.1, 0.15) is 0 Å². The first-order chi connectivity index (χ1) is 5.20. The van der Waals surface area contributed by atoms with E-state index in [9.17, 15) is 10.1 Å². The second-order valence-corrected chi connectivity index (χ2v) is 1.43. The molecule has 0 atom stereocenters. The van der Waals surface area contributed by atoms with E-state index in [1.165, 1.54) is 12.3 Å². The summed E-state index contributed by atoms with van der Waals surface area (Å²) in [5.41, 5.74) is -0.255. The smallest absolute Gasteiger partial charge is 0.259 e. The van der Waals surface area contributed by atoms with Gasteiger partial charge in [0.15, 0.2) is 0 Å². The van der Waals surface area contributed by atoms with E-state index in [-0.39, 0.29) is 5.70 Å². The third-order valence-corrected chi connectivity index (χ3v) is 0.661. The van der Waals surface area contributed by atoms with Crippen molar-refractivity contribution in [3.8, 4) is 6.07 Å². The van der Waals surface area contributed by atoms with Crippen LogP contribution in [0, 0.1) is 21.4 Å². The van der Waals surface area contributed by atoms with E-state index in [0.717, 1.165) is 0 Å². The Morgan fingerprint density at radius 1 is 1.82 bits per heavy atom. The van der Waals surface area contributed by atoms with Gasteiger partial charge in [0.1, 0.15) is 6.07 Å². The second kappa shape index (κ2) is 4.88. The molecule has 0 aromatic rings. The molecular formula is C6H5N3O2. The van der Waals surface area contributed by atoms with Crippen LogP contribution in [0.4, 0.5) is 0 Å². The lowest BCUT2D eigenvalue weighted by atomic mass is 10.5. The minimum atomic E-state index is -0.737. The van der Waals surface area contributed by atoms with Crippen LogP contribution in [0.5, 0.6) is 0 Å². The van der Waals surface area contributed by atoms with Crippen LogP contribution in [0.15, 0.2) is 29.5 Å². The summed E-state index contributed by atoms with van der Waals surface area (Å²) in [6.07, 6.45) is 3.06. The Balaban J connectivity index is 4.43. The summed E-state index contributed by atoms with van der Waals surface area (Å²) in [6, 6.07) is 1.54. The number of hydrogen-bond donors (Lipinski definition) is 0. The molecule has 0 aliphatic heterocycles. The van der Waals surface area contributed by atoms with Gasteiger partial charge in [0.25, 0.3) is 6.20 Å². The Bertz CT molecular complexity index is 259. The van der Waals surface area contributed by atoms with Crippen molar-refractivity contribution in [1.29, 1.82) is 5.26 Å². The second-order valence-electron chi connectivity index (χ2n) is 1.43. The molecule has 5 nitrogen and oxygen atoms in total. The predicted molar refractivity (Wildman–Crippen MR) is 39.4 cm³/mol. The monoisotopic (exact) mass is 151 g/mol. The quantitative estimate of drug-likeness (QED) is 0.260. The average Bonchev–Trinajstić information content (AvgIpc) is 1.97. The van der Waals surface area contributed by atoms with Gasteiger partial charge in [-0.1, -0.05) is 12.7 Å². The van der Waals surface area contributed by atoms with Crippen LogP contribution in [0.2, 0.25) is 0 Å². The summed E-state index contributed by atoms with van der Waals surface area (Å²) in [5, 5.41) is 18.0. The molecule has 0 aromatic carbocycles. The van der Waals surface area contributed by atoms with Gasteiger partial charge in [0.2, 0.25) is 5.70 Å². The Hall–Kier alpha value is -1.96. The molecule has 0 unspecified atom stereocenters. The SMILES string of the molecule is C=CC=N/C(C#N)=C/[N+](=O)[O-]. The van der Waals surface area contributed by atoms with Crippen LogP contribution in [0.25, 0.3) is 0 Å². The maximum Gasteiger partial charge on any atom is 0.270 e.